The van der Waals surface area contributed by atoms with Gasteiger partial charge in [0.2, 0.25) is 0 Å². The van der Waals surface area contributed by atoms with Crippen molar-refractivity contribution in [1.82, 2.24) is 3.53 Å². The molecule has 0 aliphatic carbocycles. The van der Waals surface area contributed by atoms with E-state index in [0.29, 0.717) is 0 Å². The molecular weight excluding hydrogens is 370 g/mol. The number of halogens is 2. The molecule has 5 heteroatoms. The fraction of sp³-hybridized carbons (Fsp3) is 0.833. The van der Waals surface area contributed by atoms with Gasteiger partial charge < -0.3 is 0 Å². The zero-order valence-electron chi connectivity index (χ0n) is 6.22. The van der Waals surface area contributed by atoms with Crippen LogP contribution in [0.3, 0.4) is 0 Å². The number of nitrogens with one attached hydrogen (secondary N) is 1. The molecule has 0 aliphatic heterocycles. The summed E-state index contributed by atoms with van der Waals surface area (Å²) in [5.41, 5.74) is 5.33. The average Bonchev–Trinajstić information content (AvgIpc) is 2.03. The summed E-state index contributed by atoms with van der Waals surface area (Å²) in [5, 5.41) is 0. The molecule has 0 rings (SSSR count). The molecular formula is C6H13I2N2O-. The van der Waals surface area contributed by atoms with Crippen molar-refractivity contribution in [3.63, 3.8) is 0 Å². The van der Waals surface area contributed by atoms with Gasteiger partial charge in [-0.2, -0.15) is 0 Å². The number of hydrogen-bond donors (Lipinski definition) is 2. The van der Waals surface area contributed by atoms with Gasteiger partial charge in [0.1, 0.15) is 0 Å². The number of rotatable bonds is 7. The average molecular weight is 383 g/mol. The number of nitrogens with two attached hydrogens (primary N) is 1. The van der Waals surface area contributed by atoms with Crippen LogP contribution in [0.4, 0.5) is 0 Å². The Kier molecular flexibility index (Phi) is 10.0. The van der Waals surface area contributed by atoms with Crippen LogP contribution in [0.25, 0.3) is 0 Å². The van der Waals surface area contributed by atoms with Crippen LogP contribution in [-0.2, 0) is 4.79 Å². The first-order valence-corrected chi connectivity index (χ1v) is 10.9. The van der Waals surface area contributed by atoms with Crippen LogP contribution in [0, 0.1) is 0 Å². The van der Waals surface area contributed by atoms with Crippen molar-refractivity contribution in [2.75, 3.05) is 6.54 Å². The van der Waals surface area contributed by atoms with Gasteiger partial charge >= 0.3 is 88.3 Å². The second-order valence-electron chi connectivity index (χ2n) is 2.21. The van der Waals surface area contributed by atoms with Crippen LogP contribution >= 0.6 is 18.6 Å². The van der Waals surface area contributed by atoms with Crippen molar-refractivity contribution in [2.45, 2.75) is 25.3 Å². The third-order valence-corrected chi connectivity index (χ3v) is 3.93. The third kappa shape index (κ3) is 7.41. The fourth-order valence-corrected chi connectivity index (χ4v) is 3.50. The summed E-state index contributed by atoms with van der Waals surface area (Å²) >= 11 is 2.30. The van der Waals surface area contributed by atoms with E-state index in [9.17, 15) is 4.79 Å². The van der Waals surface area contributed by atoms with E-state index in [4.69, 9.17) is 5.73 Å². The first-order chi connectivity index (χ1) is 5.35. The molecule has 3 nitrogen and oxygen atoms in total. The van der Waals surface area contributed by atoms with Crippen molar-refractivity contribution < 1.29 is 22.3 Å². The van der Waals surface area contributed by atoms with E-state index >= 15 is 0 Å². The van der Waals surface area contributed by atoms with Gasteiger partial charge in [0.15, 0.2) is 0 Å². The van der Waals surface area contributed by atoms with Gasteiger partial charge in [-0.3, -0.25) is 0 Å². The molecule has 0 unspecified atom stereocenters. The monoisotopic (exact) mass is 383 g/mol. The standard InChI is InChI=1S/C6H13I2N2O/c7-8-10-6(5-11)3-1-2-4-9/h5-6,10H,1-4,9H2/q-1/t6-/m0/s1. The fourth-order valence-electron chi connectivity index (χ4n) is 0.710. The van der Waals surface area contributed by atoms with Gasteiger partial charge in [-0.25, -0.2) is 0 Å². The molecule has 0 aromatic carbocycles. The molecule has 68 valence electrons. The van der Waals surface area contributed by atoms with Crippen molar-refractivity contribution in [2.24, 2.45) is 5.73 Å². The van der Waals surface area contributed by atoms with Crippen LogP contribution in [0.5, 0.6) is 0 Å². The van der Waals surface area contributed by atoms with Crippen LogP contribution in [0.1, 0.15) is 19.3 Å². The van der Waals surface area contributed by atoms with Gasteiger partial charge in [-0.1, -0.05) is 0 Å². The first kappa shape index (κ1) is 12.0. The second-order valence-corrected chi connectivity index (χ2v) is 5.97. The molecule has 1 atom stereocenters. The van der Waals surface area contributed by atoms with Gasteiger partial charge in [0, 0.05) is 0 Å². The predicted molar refractivity (Wildman–Crippen MR) is 49.9 cm³/mol. The molecule has 0 radical (unpaired) electrons. The zero-order chi connectivity index (χ0) is 8.53. The molecule has 0 aliphatic rings. The molecule has 0 saturated carbocycles. The molecule has 11 heavy (non-hydrogen) atoms. The molecule has 0 heterocycles. The number of aldehydes is 1. The first-order valence-electron chi connectivity index (χ1n) is 3.51. The normalized spacial score (nSPS) is 13.3. The summed E-state index contributed by atoms with van der Waals surface area (Å²) < 4.78 is 3.18. The molecule has 0 spiro atoms. The topological polar surface area (TPSA) is 55.1 Å². The SMILES string of the molecule is NCCCC[C@@H](C=O)N[I-]I. The summed E-state index contributed by atoms with van der Waals surface area (Å²) in [6.07, 6.45) is 4.00. The summed E-state index contributed by atoms with van der Waals surface area (Å²) in [5.74, 6) is 0. The van der Waals surface area contributed by atoms with Crippen LogP contribution in [0.15, 0.2) is 0 Å². The van der Waals surface area contributed by atoms with E-state index in [1.165, 1.54) is 0 Å². The Balaban J connectivity index is 3.28. The number of carbonyl (C=O) groups excluding carboxylic acids is 1. The van der Waals surface area contributed by atoms with E-state index in [0.717, 1.165) is 32.1 Å². The van der Waals surface area contributed by atoms with Gasteiger partial charge in [0.05, 0.1) is 0 Å². The Bertz CT molecular complexity index is 103. The van der Waals surface area contributed by atoms with E-state index < -0.39 is 0 Å². The number of unbranched alkanes of at least 4 members (excludes halogenated alkanes) is 1. The Labute approximate surface area is 87.7 Å². The summed E-state index contributed by atoms with van der Waals surface area (Å²) in [7, 11) is 0. The van der Waals surface area contributed by atoms with Crippen molar-refractivity contribution in [3.05, 3.63) is 0 Å². The van der Waals surface area contributed by atoms with Gasteiger partial charge in [-0.05, 0) is 0 Å². The number of hydrogen-bond acceptors (Lipinski definition) is 3. The van der Waals surface area contributed by atoms with Crippen LogP contribution < -0.4 is 26.8 Å². The Morgan fingerprint density at radius 1 is 1.64 bits per heavy atom. The van der Waals surface area contributed by atoms with Crippen LogP contribution in [0.2, 0.25) is 0 Å². The number of carbonyl (C=O) groups is 1. The third-order valence-electron chi connectivity index (χ3n) is 1.31. The van der Waals surface area contributed by atoms with Gasteiger partial charge in [0.25, 0.3) is 0 Å². The summed E-state index contributed by atoms with van der Waals surface area (Å²) in [4.78, 5) is 10.4. The van der Waals surface area contributed by atoms with Crippen molar-refractivity contribution in [3.8, 4) is 0 Å². The maximum atomic E-state index is 10.4. The minimum atomic E-state index is -0.00396. The molecule has 0 amide bonds. The molecule has 0 fully saturated rings. The van der Waals surface area contributed by atoms with Crippen LogP contribution in [-0.4, -0.2) is 18.9 Å². The quantitative estimate of drug-likeness (QED) is 0.224. The predicted octanol–water partition coefficient (Wildman–Crippen LogP) is -2.37. The molecule has 0 aromatic heterocycles. The molecule has 0 saturated heterocycles. The minimum absolute atomic E-state index is 0.00396. The Morgan fingerprint density at radius 3 is 2.82 bits per heavy atom. The van der Waals surface area contributed by atoms with Crippen molar-refractivity contribution in [1.29, 1.82) is 0 Å². The molecule has 3 N–H and O–H groups in total. The molecule has 0 bridgehead atoms. The summed E-state index contributed by atoms with van der Waals surface area (Å²) in [6.45, 7) is 0.727. The Hall–Kier alpha value is 1.05. The van der Waals surface area contributed by atoms with E-state index in [2.05, 4.69) is 22.1 Å². The van der Waals surface area contributed by atoms with Crippen molar-refractivity contribution >= 4 is 24.9 Å². The van der Waals surface area contributed by atoms with E-state index in [1.807, 2.05) is 0 Å². The molecule has 0 aromatic rings. The Morgan fingerprint density at radius 2 is 2.36 bits per heavy atom. The second kappa shape index (κ2) is 9.14. The van der Waals surface area contributed by atoms with E-state index in [-0.39, 0.29) is 23.5 Å². The maximum absolute atomic E-state index is 10.4. The zero-order valence-corrected chi connectivity index (χ0v) is 10.5. The van der Waals surface area contributed by atoms with Gasteiger partial charge in [-0.15, -0.1) is 0 Å². The summed E-state index contributed by atoms with van der Waals surface area (Å²) in [6, 6.07) is 0.0752. The van der Waals surface area contributed by atoms with E-state index in [1.54, 1.807) is 0 Å².